The van der Waals surface area contributed by atoms with Gasteiger partial charge in [0.1, 0.15) is 6.61 Å². The lowest BCUT2D eigenvalue weighted by molar-refractivity contribution is -0.145. The number of benzene rings is 2. The number of nitrogens with one attached hydrogen (secondary N) is 1. The van der Waals surface area contributed by atoms with Crippen molar-refractivity contribution in [3.05, 3.63) is 60.7 Å². The summed E-state index contributed by atoms with van der Waals surface area (Å²) in [7, 11) is 0. The summed E-state index contributed by atoms with van der Waals surface area (Å²) in [6, 6.07) is 20.3. The summed E-state index contributed by atoms with van der Waals surface area (Å²) in [5.74, 6) is 0. The Hall–Kier alpha value is -2.50. The zero-order chi connectivity index (χ0) is 16.6. The second-order valence-electron chi connectivity index (χ2n) is 5.32. The van der Waals surface area contributed by atoms with Crippen LogP contribution >= 0.6 is 0 Å². The quantitative estimate of drug-likeness (QED) is 0.629. The van der Waals surface area contributed by atoms with Crippen LogP contribution in [0.1, 0.15) is 0 Å². The van der Waals surface area contributed by atoms with E-state index in [1.165, 1.54) is 0 Å². The van der Waals surface area contributed by atoms with Gasteiger partial charge in [0.05, 0.1) is 24.4 Å². The number of anilines is 1. The Balaban J connectivity index is 1.59. The van der Waals surface area contributed by atoms with Crippen molar-refractivity contribution in [1.29, 1.82) is 0 Å². The fourth-order valence-corrected chi connectivity index (χ4v) is 2.45. The van der Waals surface area contributed by atoms with Crippen LogP contribution in [0.2, 0.25) is 0 Å². The van der Waals surface area contributed by atoms with E-state index in [9.17, 15) is 4.53 Å². The Labute approximate surface area is 140 Å². The summed E-state index contributed by atoms with van der Waals surface area (Å²) in [5.41, 5.74) is 4.02. The van der Waals surface area contributed by atoms with E-state index >= 15 is 0 Å². The van der Waals surface area contributed by atoms with Crippen molar-refractivity contribution in [2.24, 2.45) is 0 Å². The molecule has 3 aromatic rings. The van der Waals surface area contributed by atoms with Crippen LogP contribution in [0.4, 0.5) is 10.2 Å². The highest BCUT2D eigenvalue weighted by molar-refractivity contribution is 5.81. The van der Waals surface area contributed by atoms with Gasteiger partial charge in [-0.25, -0.2) is 4.98 Å². The SMILES string of the molecule is FOCCOCCNc1ccc(-c2ccc3ccccc3n2)cc1. The molecule has 5 heteroatoms. The fraction of sp³-hybridized carbons (Fsp3) is 0.211. The first-order valence-corrected chi connectivity index (χ1v) is 7.88. The van der Waals surface area contributed by atoms with Crippen LogP contribution in [-0.4, -0.2) is 31.3 Å². The lowest BCUT2D eigenvalue weighted by Crippen LogP contribution is -2.11. The molecule has 0 spiro atoms. The van der Waals surface area contributed by atoms with Crippen molar-refractivity contribution in [3.8, 4) is 11.3 Å². The third-order valence-electron chi connectivity index (χ3n) is 3.66. The highest BCUT2D eigenvalue weighted by atomic mass is 19.3. The molecule has 0 fully saturated rings. The molecular formula is C19H19FN2O2. The summed E-state index contributed by atoms with van der Waals surface area (Å²) >= 11 is 0. The van der Waals surface area contributed by atoms with Gasteiger partial charge in [0.25, 0.3) is 0 Å². The highest BCUT2D eigenvalue weighted by Gasteiger charge is 2.01. The summed E-state index contributed by atoms with van der Waals surface area (Å²) in [6.07, 6.45) is 0. The molecule has 1 heterocycles. The molecule has 0 aliphatic carbocycles. The van der Waals surface area contributed by atoms with Gasteiger partial charge in [0, 0.05) is 23.2 Å². The number of fused-ring (bicyclic) bond motifs is 1. The molecule has 24 heavy (non-hydrogen) atoms. The maximum Gasteiger partial charge on any atom is 0.111 e. The molecule has 0 atom stereocenters. The number of pyridine rings is 1. The molecule has 0 saturated carbocycles. The number of rotatable bonds is 8. The number of hydrogen-bond acceptors (Lipinski definition) is 4. The van der Waals surface area contributed by atoms with Gasteiger partial charge in [-0.05, 0) is 28.8 Å². The van der Waals surface area contributed by atoms with Crippen LogP contribution in [-0.2, 0) is 9.68 Å². The molecular weight excluding hydrogens is 307 g/mol. The summed E-state index contributed by atoms with van der Waals surface area (Å²) < 4.78 is 16.6. The van der Waals surface area contributed by atoms with E-state index in [1.807, 2.05) is 48.5 Å². The van der Waals surface area contributed by atoms with Gasteiger partial charge in [-0.2, -0.15) is 4.94 Å². The molecule has 0 amide bonds. The molecule has 0 unspecified atom stereocenters. The van der Waals surface area contributed by atoms with E-state index in [0.29, 0.717) is 13.2 Å². The second kappa shape index (κ2) is 8.38. The summed E-state index contributed by atoms with van der Waals surface area (Å²) in [5, 5.41) is 4.39. The topological polar surface area (TPSA) is 43.4 Å². The van der Waals surface area contributed by atoms with Crippen LogP contribution < -0.4 is 5.32 Å². The lowest BCUT2D eigenvalue weighted by Gasteiger charge is -2.08. The zero-order valence-electron chi connectivity index (χ0n) is 13.2. The van der Waals surface area contributed by atoms with Gasteiger partial charge < -0.3 is 10.1 Å². The van der Waals surface area contributed by atoms with E-state index in [0.717, 1.165) is 27.8 Å². The molecule has 124 valence electrons. The van der Waals surface area contributed by atoms with Crippen LogP contribution in [0.5, 0.6) is 0 Å². The van der Waals surface area contributed by atoms with Crippen LogP contribution in [0, 0.1) is 0 Å². The predicted octanol–water partition coefficient (Wildman–Crippen LogP) is 4.23. The van der Waals surface area contributed by atoms with Crippen molar-refractivity contribution < 1.29 is 14.2 Å². The molecule has 0 aliphatic rings. The van der Waals surface area contributed by atoms with Gasteiger partial charge >= 0.3 is 0 Å². The number of para-hydroxylation sites is 1. The first-order valence-electron chi connectivity index (χ1n) is 7.88. The van der Waals surface area contributed by atoms with Crippen molar-refractivity contribution >= 4 is 16.6 Å². The van der Waals surface area contributed by atoms with Gasteiger partial charge in [-0.1, -0.05) is 36.4 Å². The smallest absolute Gasteiger partial charge is 0.111 e. The zero-order valence-corrected chi connectivity index (χ0v) is 13.2. The van der Waals surface area contributed by atoms with E-state index in [-0.39, 0.29) is 13.2 Å². The van der Waals surface area contributed by atoms with Crippen LogP contribution in [0.3, 0.4) is 0 Å². The number of aromatic nitrogens is 1. The average Bonchev–Trinajstić information content (AvgIpc) is 2.65. The van der Waals surface area contributed by atoms with E-state index in [2.05, 4.69) is 22.4 Å². The lowest BCUT2D eigenvalue weighted by atomic mass is 10.1. The highest BCUT2D eigenvalue weighted by Crippen LogP contribution is 2.22. The van der Waals surface area contributed by atoms with Gasteiger partial charge in [0.15, 0.2) is 0 Å². The molecule has 1 aromatic heterocycles. The molecule has 0 saturated heterocycles. The van der Waals surface area contributed by atoms with Gasteiger partial charge in [0.2, 0.25) is 0 Å². The second-order valence-corrected chi connectivity index (χ2v) is 5.32. The monoisotopic (exact) mass is 326 g/mol. The number of halogens is 1. The average molecular weight is 326 g/mol. The minimum Gasteiger partial charge on any atom is -0.383 e. The Bertz CT molecular complexity index is 778. The molecule has 0 radical (unpaired) electrons. The largest absolute Gasteiger partial charge is 0.383 e. The summed E-state index contributed by atoms with van der Waals surface area (Å²) in [6.45, 7) is 1.37. The first kappa shape index (κ1) is 16.4. The normalized spacial score (nSPS) is 10.9. The number of nitrogens with zero attached hydrogens (tertiary/aromatic N) is 1. The van der Waals surface area contributed by atoms with E-state index in [1.54, 1.807) is 0 Å². The Morgan fingerprint density at radius 2 is 1.71 bits per heavy atom. The maximum atomic E-state index is 11.4. The molecule has 3 rings (SSSR count). The van der Waals surface area contributed by atoms with Crippen molar-refractivity contribution in [2.45, 2.75) is 0 Å². The standard InChI is InChI=1S/C19H19FN2O2/c20-24-14-13-23-12-11-21-17-8-5-16(6-9-17)19-10-7-15-3-1-2-4-18(15)22-19/h1-10,21H,11-14H2. The third kappa shape index (κ3) is 4.28. The molecule has 2 aromatic carbocycles. The maximum absolute atomic E-state index is 11.4. The third-order valence-corrected chi connectivity index (χ3v) is 3.66. The minimum absolute atomic E-state index is 0.0343. The Morgan fingerprint density at radius 1 is 0.875 bits per heavy atom. The predicted molar refractivity (Wildman–Crippen MR) is 93.5 cm³/mol. The van der Waals surface area contributed by atoms with Crippen molar-refractivity contribution in [2.75, 3.05) is 31.7 Å². The molecule has 0 aliphatic heterocycles. The van der Waals surface area contributed by atoms with Crippen molar-refractivity contribution in [1.82, 2.24) is 4.98 Å². The molecule has 1 N–H and O–H groups in total. The first-order chi connectivity index (χ1) is 11.9. The van der Waals surface area contributed by atoms with Gasteiger partial charge in [-0.3, -0.25) is 0 Å². The van der Waals surface area contributed by atoms with E-state index < -0.39 is 0 Å². The van der Waals surface area contributed by atoms with E-state index in [4.69, 9.17) is 9.72 Å². The summed E-state index contributed by atoms with van der Waals surface area (Å²) in [4.78, 5) is 8.13. The number of ether oxygens (including phenoxy) is 1. The molecule has 0 bridgehead atoms. The Morgan fingerprint density at radius 3 is 2.54 bits per heavy atom. The van der Waals surface area contributed by atoms with Crippen molar-refractivity contribution in [3.63, 3.8) is 0 Å². The van der Waals surface area contributed by atoms with Gasteiger partial charge in [-0.15, -0.1) is 0 Å². The number of hydrogen-bond donors (Lipinski definition) is 1. The molecule has 4 nitrogen and oxygen atoms in total. The Kier molecular flexibility index (Phi) is 5.71. The van der Waals surface area contributed by atoms with Crippen LogP contribution in [0.25, 0.3) is 22.2 Å². The fourth-order valence-electron chi connectivity index (χ4n) is 2.45. The van der Waals surface area contributed by atoms with Crippen LogP contribution in [0.15, 0.2) is 60.7 Å². The minimum atomic E-state index is -0.0343.